The molecule has 3 aromatic carbocycles. The van der Waals surface area contributed by atoms with Gasteiger partial charge in [-0.1, -0.05) is 48.0 Å². The van der Waals surface area contributed by atoms with E-state index in [2.05, 4.69) is 15.5 Å². The maximum Gasteiger partial charge on any atom is 0.248 e. The van der Waals surface area contributed by atoms with Gasteiger partial charge in [-0.3, -0.25) is 4.79 Å². The van der Waals surface area contributed by atoms with Crippen molar-refractivity contribution >= 4 is 23.2 Å². The lowest BCUT2D eigenvalue weighted by molar-refractivity contribution is -0.115. The lowest BCUT2D eigenvalue weighted by Gasteiger charge is -2.06. The molecule has 0 fully saturated rings. The number of carbonyl (C=O) groups excluding carboxylic acids is 1. The number of hydrogen-bond acceptors (Lipinski definition) is 4. The fraction of sp³-hybridized carbons (Fsp3) is 0.0455. The molecule has 0 atom stereocenters. The number of nitrogens with one attached hydrogen (secondary N) is 1. The molecule has 138 valence electrons. The quantitative estimate of drug-likeness (QED) is 0.507. The van der Waals surface area contributed by atoms with Crippen molar-refractivity contribution in [2.24, 2.45) is 0 Å². The van der Waals surface area contributed by atoms with E-state index in [1.807, 2.05) is 66.7 Å². The number of anilines is 1. The minimum absolute atomic E-state index is 0.116. The Morgan fingerprint density at radius 3 is 2.29 bits per heavy atom. The minimum atomic E-state index is -0.116. The van der Waals surface area contributed by atoms with E-state index in [-0.39, 0.29) is 12.3 Å². The molecule has 28 heavy (non-hydrogen) atoms. The molecule has 4 rings (SSSR count). The third-order valence-corrected chi connectivity index (χ3v) is 4.37. The van der Waals surface area contributed by atoms with E-state index in [1.54, 1.807) is 12.1 Å². The van der Waals surface area contributed by atoms with E-state index in [1.165, 1.54) is 0 Å². The Kier molecular flexibility index (Phi) is 5.17. The van der Waals surface area contributed by atoms with Crippen molar-refractivity contribution in [1.82, 2.24) is 10.2 Å². The number of amides is 1. The van der Waals surface area contributed by atoms with E-state index in [0.717, 1.165) is 16.7 Å². The van der Waals surface area contributed by atoms with Crippen LogP contribution in [-0.2, 0) is 11.2 Å². The molecule has 0 unspecified atom stereocenters. The number of carbonyl (C=O) groups is 1. The highest BCUT2D eigenvalue weighted by Crippen LogP contribution is 2.25. The molecule has 1 heterocycles. The van der Waals surface area contributed by atoms with Crippen LogP contribution in [0.5, 0.6) is 0 Å². The third kappa shape index (κ3) is 4.27. The lowest BCUT2D eigenvalue weighted by Crippen LogP contribution is -2.14. The van der Waals surface area contributed by atoms with Crippen molar-refractivity contribution in [2.75, 3.05) is 5.32 Å². The molecule has 1 N–H and O–H groups in total. The standard InChI is InChI=1S/C22H16ClN3O2/c23-18-11-9-15(10-12-18)13-20(27)24-19-8-4-7-17(14-19)22-26-25-21(28-22)16-5-2-1-3-6-16/h1-12,14H,13H2,(H,24,27). The van der Waals surface area contributed by atoms with Crippen molar-refractivity contribution in [3.05, 3.63) is 89.4 Å². The van der Waals surface area contributed by atoms with Crippen LogP contribution >= 0.6 is 11.6 Å². The highest BCUT2D eigenvalue weighted by Gasteiger charge is 2.11. The van der Waals surface area contributed by atoms with Gasteiger partial charge in [0.05, 0.1) is 6.42 Å². The second kappa shape index (κ2) is 8.06. The van der Waals surface area contributed by atoms with Gasteiger partial charge in [-0.05, 0) is 48.0 Å². The maximum absolute atomic E-state index is 12.3. The number of halogens is 1. The van der Waals surface area contributed by atoms with Gasteiger partial charge in [0.1, 0.15) is 0 Å². The van der Waals surface area contributed by atoms with Gasteiger partial charge in [0, 0.05) is 21.8 Å². The van der Waals surface area contributed by atoms with E-state index in [4.69, 9.17) is 16.0 Å². The zero-order valence-electron chi connectivity index (χ0n) is 14.8. The zero-order valence-corrected chi connectivity index (χ0v) is 15.6. The Hall–Kier alpha value is -3.44. The summed E-state index contributed by atoms with van der Waals surface area (Å²) in [6.07, 6.45) is 0.264. The molecule has 0 spiro atoms. The number of nitrogens with zero attached hydrogens (tertiary/aromatic N) is 2. The fourth-order valence-corrected chi connectivity index (χ4v) is 2.89. The molecule has 0 radical (unpaired) electrons. The Morgan fingerprint density at radius 2 is 1.54 bits per heavy atom. The molecule has 0 saturated heterocycles. The predicted molar refractivity (Wildman–Crippen MR) is 109 cm³/mol. The smallest absolute Gasteiger partial charge is 0.248 e. The molecule has 4 aromatic rings. The summed E-state index contributed by atoms with van der Waals surface area (Å²) in [4.78, 5) is 12.3. The highest BCUT2D eigenvalue weighted by molar-refractivity contribution is 6.30. The second-order valence-corrected chi connectivity index (χ2v) is 6.65. The SMILES string of the molecule is O=C(Cc1ccc(Cl)cc1)Nc1cccc(-c2nnc(-c3ccccc3)o2)c1. The Bertz CT molecular complexity index is 1090. The molecule has 1 amide bonds. The monoisotopic (exact) mass is 389 g/mol. The summed E-state index contributed by atoms with van der Waals surface area (Å²) >= 11 is 5.87. The summed E-state index contributed by atoms with van der Waals surface area (Å²) in [5, 5.41) is 11.8. The van der Waals surface area contributed by atoms with Gasteiger partial charge in [-0.15, -0.1) is 10.2 Å². The number of benzene rings is 3. The van der Waals surface area contributed by atoms with Gasteiger partial charge < -0.3 is 9.73 Å². The summed E-state index contributed by atoms with van der Waals surface area (Å²) in [5.41, 5.74) is 3.14. The van der Waals surface area contributed by atoms with Gasteiger partial charge >= 0.3 is 0 Å². The molecule has 1 aromatic heterocycles. The molecule has 0 saturated carbocycles. The maximum atomic E-state index is 12.3. The van der Waals surface area contributed by atoms with Crippen LogP contribution in [0.1, 0.15) is 5.56 Å². The van der Waals surface area contributed by atoms with Crippen LogP contribution in [0.3, 0.4) is 0 Å². The molecule has 0 aliphatic carbocycles. The first kappa shape index (κ1) is 17.9. The van der Waals surface area contributed by atoms with Crippen LogP contribution in [0.15, 0.2) is 83.3 Å². The average Bonchev–Trinajstić information content (AvgIpc) is 3.21. The number of rotatable bonds is 5. The normalized spacial score (nSPS) is 10.6. The van der Waals surface area contributed by atoms with Crippen molar-refractivity contribution in [3.8, 4) is 22.9 Å². The van der Waals surface area contributed by atoms with Crippen molar-refractivity contribution in [2.45, 2.75) is 6.42 Å². The summed E-state index contributed by atoms with van der Waals surface area (Å²) in [7, 11) is 0. The third-order valence-electron chi connectivity index (χ3n) is 4.12. The summed E-state index contributed by atoms with van der Waals surface area (Å²) in [6, 6.07) is 24.1. The summed E-state index contributed by atoms with van der Waals surface area (Å²) < 4.78 is 5.78. The molecular formula is C22H16ClN3O2. The zero-order chi connectivity index (χ0) is 19.3. The van der Waals surface area contributed by atoms with Crippen LogP contribution < -0.4 is 5.32 Å². The predicted octanol–water partition coefficient (Wildman–Crippen LogP) is 5.24. The largest absolute Gasteiger partial charge is 0.416 e. The topological polar surface area (TPSA) is 68.0 Å². The van der Waals surface area contributed by atoms with Gasteiger partial charge in [-0.2, -0.15) is 0 Å². The van der Waals surface area contributed by atoms with Gasteiger partial charge in [0.2, 0.25) is 17.7 Å². The van der Waals surface area contributed by atoms with Crippen LogP contribution in [0, 0.1) is 0 Å². The van der Waals surface area contributed by atoms with Gasteiger partial charge in [-0.25, -0.2) is 0 Å². The molecular weight excluding hydrogens is 374 g/mol. The van der Waals surface area contributed by atoms with Crippen molar-refractivity contribution in [1.29, 1.82) is 0 Å². The first-order chi connectivity index (χ1) is 13.7. The average molecular weight is 390 g/mol. The fourth-order valence-electron chi connectivity index (χ4n) is 2.76. The number of aromatic nitrogens is 2. The van der Waals surface area contributed by atoms with E-state index < -0.39 is 0 Å². The summed E-state index contributed by atoms with van der Waals surface area (Å²) in [5.74, 6) is 0.732. The van der Waals surface area contributed by atoms with Crippen LogP contribution in [0.4, 0.5) is 5.69 Å². The second-order valence-electron chi connectivity index (χ2n) is 6.21. The van der Waals surface area contributed by atoms with Crippen molar-refractivity contribution in [3.63, 3.8) is 0 Å². The summed E-state index contributed by atoms with van der Waals surface area (Å²) in [6.45, 7) is 0. The Morgan fingerprint density at radius 1 is 0.857 bits per heavy atom. The van der Waals surface area contributed by atoms with E-state index in [0.29, 0.717) is 22.5 Å². The Labute approximate surface area is 167 Å². The first-order valence-corrected chi connectivity index (χ1v) is 9.09. The molecule has 0 bridgehead atoms. The first-order valence-electron chi connectivity index (χ1n) is 8.71. The minimum Gasteiger partial charge on any atom is -0.416 e. The molecule has 6 heteroatoms. The Balaban J connectivity index is 1.48. The van der Waals surface area contributed by atoms with E-state index in [9.17, 15) is 4.79 Å². The van der Waals surface area contributed by atoms with E-state index >= 15 is 0 Å². The van der Waals surface area contributed by atoms with Crippen LogP contribution in [0.25, 0.3) is 22.9 Å². The molecule has 0 aliphatic heterocycles. The van der Waals surface area contributed by atoms with Crippen LogP contribution in [0.2, 0.25) is 5.02 Å². The molecule has 5 nitrogen and oxygen atoms in total. The molecule has 0 aliphatic rings. The van der Waals surface area contributed by atoms with Gasteiger partial charge in [0.15, 0.2) is 0 Å². The highest BCUT2D eigenvalue weighted by atomic mass is 35.5. The number of hydrogen-bond donors (Lipinski definition) is 1. The van der Waals surface area contributed by atoms with Crippen LogP contribution in [-0.4, -0.2) is 16.1 Å². The van der Waals surface area contributed by atoms with Crippen molar-refractivity contribution < 1.29 is 9.21 Å². The lowest BCUT2D eigenvalue weighted by atomic mass is 10.1. The van der Waals surface area contributed by atoms with Gasteiger partial charge in [0.25, 0.3) is 0 Å².